The molecule has 0 heterocycles. The maximum absolute atomic E-state index is 6.04. The van der Waals surface area contributed by atoms with E-state index in [1.165, 1.54) is 12.0 Å². The Morgan fingerprint density at radius 2 is 1.89 bits per heavy atom. The van der Waals surface area contributed by atoms with Crippen molar-refractivity contribution in [1.82, 2.24) is 4.90 Å². The molecule has 0 fully saturated rings. The topological polar surface area (TPSA) is 29.3 Å². The van der Waals surface area contributed by atoms with Gasteiger partial charge in [-0.2, -0.15) is 0 Å². The van der Waals surface area contributed by atoms with Crippen LogP contribution >= 0.6 is 11.6 Å². The summed E-state index contributed by atoms with van der Waals surface area (Å²) >= 11 is 5.93. The first-order chi connectivity index (χ1) is 8.91. The van der Waals surface area contributed by atoms with Crippen molar-refractivity contribution in [2.24, 2.45) is 11.7 Å². The maximum atomic E-state index is 6.04. The number of benzene rings is 1. The summed E-state index contributed by atoms with van der Waals surface area (Å²) in [4.78, 5) is 2.40. The Morgan fingerprint density at radius 1 is 1.32 bits per heavy atom. The van der Waals surface area contributed by atoms with Crippen LogP contribution in [0.2, 0.25) is 5.02 Å². The van der Waals surface area contributed by atoms with Crippen molar-refractivity contribution >= 4 is 11.6 Å². The molecular weight excluding hydrogens is 256 g/mol. The van der Waals surface area contributed by atoms with Gasteiger partial charge >= 0.3 is 0 Å². The van der Waals surface area contributed by atoms with Crippen molar-refractivity contribution in [2.75, 3.05) is 20.1 Å². The molecule has 0 bridgehead atoms. The summed E-state index contributed by atoms with van der Waals surface area (Å²) in [5, 5.41) is 0.783. The summed E-state index contributed by atoms with van der Waals surface area (Å²) in [5.74, 6) is 0.695. The fourth-order valence-electron chi connectivity index (χ4n) is 2.22. The van der Waals surface area contributed by atoms with Gasteiger partial charge in [-0.05, 0) is 44.0 Å². The monoisotopic (exact) mass is 282 g/mol. The van der Waals surface area contributed by atoms with Gasteiger partial charge < -0.3 is 5.73 Å². The third-order valence-electron chi connectivity index (χ3n) is 4.14. The van der Waals surface area contributed by atoms with Gasteiger partial charge in [-0.25, -0.2) is 0 Å². The number of nitrogens with two attached hydrogens (primary N) is 1. The Balaban J connectivity index is 2.76. The molecule has 0 aromatic heterocycles. The van der Waals surface area contributed by atoms with Crippen LogP contribution in [-0.4, -0.2) is 30.6 Å². The Morgan fingerprint density at radius 3 is 2.37 bits per heavy atom. The SMILES string of the molecule is CCC(C)CN(C)C(C)(CN)Cc1ccc(Cl)cc1. The molecule has 2 atom stereocenters. The molecule has 3 heteroatoms. The summed E-state index contributed by atoms with van der Waals surface area (Å²) < 4.78 is 0. The average Bonchev–Trinajstić information content (AvgIpc) is 2.41. The van der Waals surface area contributed by atoms with Gasteiger partial charge in [-0.1, -0.05) is 44.0 Å². The first kappa shape index (κ1) is 16.5. The van der Waals surface area contributed by atoms with Gasteiger partial charge in [-0.3, -0.25) is 4.90 Å². The largest absolute Gasteiger partial charge is 0.329 e. The lowest BCUT2D eigenvalue weighted by Gasteiger charge is -2.39. The molecule has 0 aliphatic rings. The van der Waals surface area contributed by atoms with E-state index in [1.54, 1.807) is 0 Å². The first-order valence-electron chi connectivity index (χ1n) is 7.07. The summed E-state index contributed by atoms with van der Waals surface area (Å²) in [5.41, 5.74) is 7.32. The van der Waals surface area contributed by atoms with Gasteiger partial charge in [-0.15, -0.1) is 0 Å². The molecule has 1 rings (SSSR count). The van der Waals surface area contributed by atoms with Crippen LogP contribution in [0.1, 0.15) is 32.8 Å². The van der Waals surface area contributed by atoms with Crippen molar-refractivity contribution in [3.8, 4) is 0 Å². The summed E-state index contributed by atoms with van der Waals surface area (Å²) in [7, 11) is 2.18. The Labute approximate surface area is 122 Å². The molecule has 1 aromatic carbocycles. The molecule has 108 valence electrons. The normalized spacial score (nSPS) is 16.4. The van der Waals surface area contributed by atoms with Crippen LogP contribution in [0.15, 0.2) is 24.3 Å². The lowest BCUT2D eigenvalue weighted by Crippen LogP contribution is -2.52. The van der Waals surface area contributed by atoms with Crippen molar-refractivity contribution in [1.29, 1.82) is 0 Å². The molecule has 2 N–H and O–H groups in total. The number of hydrogen-bond donors (Lipinski definition) is 1. The molecule has 0 saturated heterocycles. The standard InChI is InChI=1S/C16H27ClN2/c1-5-13(2)11-19(4)16(3,12-18)10-14-6-8-15(17)9-7-14/h6-9,13H,5,10-12,18H2,1-4H3. The highest BCUT2D eigenvalue weighted by atomic mass is 35.5. The molecule has 0 aliphatic heterocycles. The van der Waals surface area contributed by atoms with E-state index in [4.69, 9.17) is 17.3 Å². The van der Waals surface area contributed by atoms with Crippen LogP contribution in [0.4, 0.5) is 0 Å². The smallest absolute Gasteiger partial charge is 0.0406 e. The number of rotatable bonds is 7. The second-order valence-electron chi connectivity index (χ2n) is 5.90. The maximum Gasteiger partial charge on any atom is 0.0406 e. The Kier molecular flexibility index (Phi) is 6.31. The molecule has 0 amide bonds. The summed E-state index contributed by atoms with van der Waals surface area (Å²) in [6, 6.07) is 8.08. The fourth-order valence-corrected chi connectivity index (χ4v) is 2.35. The highest BCUT2D eigenvalue weighted by Gasteiger charge is 2.28. The predicted octanol–water partition coefficient (Wildman–Crippen LogP) is 3.58. The lowest BCUT2D eigenvalue weighted by molar-refractivity contribution is 0.124. The van der Waals surface area contributed by atoms with E-state index in [1.807, 2.05) is 12.1 Å². The van der Waals surface area contributed by atoms with Gasteiger partial charge in [0.1, 0.15) is 0 Å². The first-order valence-corrected chi connectivity index (χ1v) is 7.45. The third kappa shape index (κ3) is 4.79. The lowest BCUT2D eigenvalue weighted by atomic mass is 9.90. The van der Waals surface area contributed by atoms with Crippen LogP contribution in [0.5, 0.6) is 0 Å². The molecule has 0 spiro atoms. The van der Waals surface area contributed by atoms with E-state index in [0.717, 1.165) is 18.0 Å². The predicted molar refractivity (Wildman–Crippen MR) is 84.7 cm³/mol. The number of likely N-dealkylation sites (N-methyl/N-ethyl adjacent to an activating group) is 1. The highest BCUT2D eigenvalue weighted by Crippen LogP contribution is 2.21. The molecule has 19 heavy (non-hydrogen) atoms. The highest BCUT2D eigenvalue weighted by molar-refractivity contribution is 6.30. The number of nitrogens with zero attached hydrogens (tertiary/aromatic N) is 1. The average molecular weight is 283 g/mol. The summed E-state index contributed by atoms with van der Waals surface area (Å²) in [6.45, 7) is 8.50. The van der Waals surface area contributed by atoms with E-state index >= 15 is 0 Å². The van der Waals surface area contributed by atoms with Crippen LogP contribution < -0.4 is 5.73 Å². The molecule has 0 radical (unpaired) electrons. The van der Waals surface area contributed by atoms with E-state index in [0.29, 0.717) is 12.5 Å². The zero-order valence-electron chi connectivity index (χ0n) is 12.6. The zero-order valence-corrected chi connectivity index (χ0v) is 13.4. The summed E-state index contributed by atoms with van der Waals surface area (Å²) in [6.07, 6.45) is 2.15. The molecular formula is C16H27ClN2. The second kappa shape index (κ2) is 7.28. The fraction of sp³-hybridized carbons (Fsp3) is 0.625. The minimum absolute atomic E-state index is 0.00272. The van der Waals surface area contributed by atoms with Gasteiger partial charge in [0.15, 0.2) is 0 Å². The van der Waals surface area contributed by atoms with Crippen LogP contribution in [-0.2, 0) is 6.42 Å². The third-order valence-corrected chi connectivity index (χ3v) is 4.39. The minimum Gasteiger partial charge on any atom is -0.329 e. The van der Waals surface area contributed by atoms with Gasteiger partial charge in [0.25, 0.3) is 0 Å². The van der Waals surface area contributed by atoms with Crippen molar-refractivity contribution in [3.05, 3.63) is 34.9 Å². The minimum atomic E-state index is -0.00272. The van der Waals surface area contributed by atoms with Crippen molar-refractivity contribution in [3.63, 3.8) is 0 Å². The van der Waals surface area contributed by atoms with Crippen LogP contribution in [0.25, 0.3) is 0 Å². The van der Waals surface area contributed by atoms with Gasteiger partial charge in [0.05, 0.1) is 0 Å². The Bertz CT molecular complexity index is 377. The van der Waals surface area contributed by atoms with Gasteiger partial charge in [0.2, 0.25) is 0 Å². The van der Waals surface area contributed by atoms with E-state index in [-0.39, 0.29) is 5.54 Å². The van der Waals surface area contributed by atoms with E-state index in [9.17, 15) is 0 Å². The number of hydrogen-bond acceptors (Lipinski definition) is 2. The number of halogens is 1. The van der Waals surface area contributed by atoms with Crippen molar-refractivity contribution in [2.45, 2.75) is 39.2 Å². The zero-order chi connectivity index (χ0) is 14.5. The quantitative estimate of drug-likeness (QED) is 0.828. The van der Waals surface area contributed by atoms with E-state index < -0.39 is 0 Å². The molecule has 1 aromatic rings. The molecule has 0 saturated carbocycles. The molecule has 2 nitrogen and oxygen atoms in total. The van der Waals surface area contributed by atoms with Gasteiger partial charge in [0, 0.05) is 23.7 Å². The second-order valence-corrected chi connectivity index (χ2v) is 6.33. The van der Waals surface area contributed by atoms with E-state index in [2.05, 4.69) is 44.9 Å². The Hall–Kier alpha value is -0.570. The van der Waals surface area contributed by atoms with Crippen LogP contribution in [0, 0.1) is 5.92 Å². The van der Waals surface area contributed by atoms with Crippen molar-refractivity contribution < 1.29 is 0 Å². The molecule has 0 aliphatic carbocycles. The van der Waals surface area contributed by atoms with Crippen LogP contribution in [0.3, 0.4) is 0 Å². The molecule has 2 unspecified atom stereocenters.